The molecule has 0 aliphatic heterocycles. The number of nitrogens with zero attached hydrogens (tertiary/aromatic N) is 2. The lowest BCUT2D eigenvalue weighted by Crippen LogP contribution is -2.38. The topological polar surface area (TPSA) is 35.6 Å². The first-order chi connectivity index (χ1) is 14.0. The van der Waals surface area contributed by atoms with Gasteiger partial charge in [0.15, 0.2) is 0 Å². The highest BCUT2D eigenvalue weighted by atomic mass is 16.1. The highest BCUT2D eigenvalue weighted by Crippen LogP contribution is 2.15. The maximum Gasteiger partial charge on any atom is 0.221 e. The van der Waals surface area contributed by atoms with Crippen LogP contribution in [0.1, 0.15) is 111 Å². The summed E-state index contributed by atoms with van der Waals surface area (Å²) in [7, 11) is 4.44. The first-order valence-electron chi connectivity index (χ1n) is 12.7. The van der Waals surface area contributed by atoms with Gasteiger partial charge < -0.3 is 15.1 Å². The molecule has 0 aromatic rings. The van der Waals surface area contributed by atoms with Crippen LogP contribution in [0.25, 0.3) is 0 Å². The van der Waals surface area contributed by atoms with Gasteiger partial charge in [0.25, 0.3) is 0 Å². The maximum absolute atomic E-state index is 12.3. The van der Waals surface area contributed by atoms with E-state index < -0.39 is 0 Å². The quantitative estimate of drug-likeness (QED) is 0.240. The Balaban J connectivity index is 4.24. The number of hydrogen-bond donors (Lipinski definition) is 1. The van der Waals surface area contributed by atoms with Gasteiger partial charge in [-0.25, -0.2) is 0 Å². The monoisotopic (exact) mass is 411 g/mol. The van der Waals surface area contributed by atoms with E-state index in [2.05, 4.69) is 50.0 Å². The smallest absolute Gasteiger partial charge is 0.221 e. The SMILES string of the molecule is CCCCCCCCCCC(CC(=O)NCCC)N(C)CCCN(C)CCCC. The Morgan fingerprint density at radius 3 is 1.93 bits per heavy atom. The van der Waals surface area contributed by atoms with E-state index in [1.165, 1.54) is 77.2 Å². The number of unbranched alkanes of at least 4 members (excludes halogenated alkanes) is 8. The summed E-state index contributed by atoms with van der Waals surface area (Å²) in [4.78, 5) is 17.2. The molecule has 29 heavy (non-hydrogen) atoms. The fraction of sp³-hybridized carbons (Fsp3) is 0.960. The van der Waals surface area contributed by atoms with Gasteiger partial charge in [0, 0.05) is 19.0 Å². The summed E-state index contributed by atoms with van der Waals surface area (Å²) in [6.45, 7) is 10.9. The van der Waals surface area contributed by atoms with Crippen molar-refractivity contribution in [2.45, 2.75) is 117 Å². The largest absolute Gasteiger partial charge is 0.356 e. The van der Waals surface area contributed by atoms with Crippen LogP contribution in [0, 0.1) is 0 Å². The van der Waals surface area contributed by atoms with Gasteiger partial charge in [-0.3, -0.25) is 4.79 Å². The Morgan fingerprint density at radius 2 is 1.31 bits per heavy atom. The van der Waals surface area contributed by atoms with Crippen LogP contribution >= 0.6 is 0 Å². The molecule has 4 nitrogen and oxygen atoms in total. The lowest BCUT2D eigenvalue weighted by atomic mass is 10.0. The van der Waals surface area contributed by atoms with E-state index in [-0.39, 0.29) is 5.91 Å². The highest BCUT2D eigenvalue weighted by Gasteiger charge is 2.18. The highest BCUT2D eigenvalue weighted by molar-refractivity contribution is 5.76. The second-order valence-electron chi connectivity index (χ2n) is 8.96. The second kappa shape index (κ2) is 20.7. The molecule has 1 unspecified atom stereocenters. The number of nitrogens with one attached hydrogen (secondary N) is 1. The minimum Gasteiger partial charge on any atom is -0.356 e. The van der Waals surface area contributed by atoms with Crippen molar-refractivity contribution in [3.8, 4) is 0 Å². The summed E-state index contributed by atoms with van der Waals surface area (Å²) in [5.41, 5.74) is 0. The third kappa shape index (κ3) is 17.9. The molecule has 0 bridgehead atoms. The van der Waals surface area contributed by atoms with Crippen LogP contribution in [-0.2, 0) is 4.79 Å². The normalized spacial score (nSPS) is 12.7. The lowest BCUT2D eigenvalue weighted by molar-refractivity contribution is -0.122. The van der Waals surface area contributed by atoms with Crippen molar-refractivity contribution in [1.82, 2.24) is 15.1 Å². The van der Waals surface area contributed by atoms with E-state index in [0.29, 0.717) is 12.5 Å². The van der Waals surface area contributed by atoms with E-state index in [1.54, 1.807) is 0 Å². The summed E-state index contributed by atoms with van der Waals surface area (Å²) in [5, 5.41) is 3.07. The van der Waals surface area contributed by atoms with Crippen molar-refractivity contribution in [3.63, 3.8) is 0 Å². The number of carbonyl (C=O) groups is 1. The number of hydrogen-bond acceptors (Lipinski definition) is 3. The maximum atomic E-state index is 12.3. The van der Waals surface area contributed by atoms with Gasteiger partial charge in [-0.05, 0) is 59.4 Å². The van der Waals surface area contributed by atoms with Crippen LogP contribution in [0.3, 0.4) is 0 Å². The van der Waals surface area contributed by atoms with E-state index in [4.69, 9.17) is 0 Å². The summed E-state index contributed by atoms with van der Waals surface area (Å²) >= 11 is 0. The van der Waals surface area contributed by atoms with Crippen LogP contribution < -0.4 is 5.32 Å². The van der Waals surface area contributed by atoms with Crippen molar-refractivity contribution in [1.29, 1.82) is 0 Å². The zero-order valence-electron chi connectivity index (χ0n) is 20.6. The van der Waals surface area contributed by atoms with Crippen LogP contribution in [0.5, 0.6) is 0 Å². The molecule has 174 valence electrons. The van der Waals surface area contributed by atoms with Gasteiger partial charge in [0.2, 0.25) is 5.91 Å². The van der Waals surface area contributed by atoms with Crippen molar-refractivity contribution in [2.75, 3.05) is 40.3 Å². The Kier molecular flexibility index (Phi) is 20.2. The van der Waals surface area contributed by atoms with Crippen LogP contribution in [0.15, 0.2) is 0 Å². The standard InChI is InChI=1S/C25H53N3O/c1-6-9-11-12-13-14-15-16-18-24(23-25(29)26-19-8-3)28(5)22-17-21-27(4)20-10-7-2/h24H,6-23H2,1-5H3,(H,26,29). The van der Waals surface area contributed by atoms with E-state index >= 15 is 0 Å². The van der Waals surface area contributed by atoms with Crippen LogP contribution in [0.2, 0.25) is 0 Å². The first-order valence-corrected chi connectivity index (χ1v) is 12.7. The molecule has 0 saturated heterocycles. The molecule has 0 radical (unpaired) electrons. The van der Waals surface area contributed by atoms with Gasteiger partial charge in [0.1, 0.15) is 0 Å². The fourth-order valence-electron chi connectivity index (χ4n) is 3.86. The number of amides is 1. The van der Waals surface area contributed by atoms with E-state index in [1.807, 2.05) is 0 Å². The molecule has 4 heteroatoms. The molecule has 0 aromatic heterocycles. The van der Waals surface area contributed by atoms with E-state index in [9.17, 15) is 4.79 Å². The molecule has 0 rings (SSSR count). The van der Waals surface area contributed by atoms with Gasteiger partial charge in [-0.15, -0.1) is 0 Å². The second-order valence-corrected chi connectivity index (χ2v) is 8.96. The van der Waals surface area contributed by atoms with Crippen molar-refractivity contribution >= 4 is 5.91 Å². The van der Waals surface area contributed by atoms with Crippen molar-refractivity contribution < 1.29 is 4.79 Å². The summed E-state index contributed by atoms with van der Waals surface area (Å²) in [5.74, 6) is 0.225. The Bertz CT molecular complexity index is 362. The fourth-order valence-corrected chi connectivity index (χ4v) is 3.86. The zero-order valence-corrected chi connectivity index (χ0v) is 20.6. The summed E-state index contributed by atoms with van der Waals surface area (Å²) in [6.07, 6.45) is 17.3. The predicted molar refractivity (Wildman–Crippen MR) is 129 cm³/mol. The molecule has 0 aliphatic carbocycles. The van der Waals surface area contributed by atoms with Crippen molar-refractivity contribution in [3.05, 3.63) is 0 Å². The Hall–Kier alpha value is -0.610. The average Bonchev–Trinajstić information content (AvgIpc) is 2.71. The molecular formula is C25H53N3O. The van der Waals surface area contributed by atoms with Gasteiger partial charge in [-0.1, -0.05) is 78.6 Å². The molecule has 0 aliphatic rings. The van der Waals surface area contributed by atoms with Gasteiger partial charge in [0.05, 0.1) is 0 Å². The third-order valence-electron chi connectivity index (χ3n) is 5.95. The van der Waals surface area contributed by atoms with Crippen LogP contribution in [0.4, 0.5) is 0 Å². The molecule has 0 saturated carbocycles. The minimum atomic E-state index is 0.225. The van der Waals surface area contributed by atoms with Crippen molar-refractivity contribution in [2.24, 2.45) is 0 Å². The summed E-state index contributed by atoms with van der Waals surface area (Å²) in [6, 6.07) is 0.382. The average molecular weight is 412 g/mol. The molecule has 1 N–H and O–H groups in total. The molecular weight excluding hydrogens is 358 g/mol. The molecule has 0 heterocycles. The van der Waals surface area contributed by atoms with Gasteiger partial charge in [-0.2, -0.15) is 0 Å². The predicted octanol–water partition coefficient (Wildman–Crippen LogP) is 5.86. The molecule has 0 spiro atoms. The van der Waals surface area contributed by atoms with Gasteiger partial charge >= 0.3 is 0 Å². The Labute approximate surface area is 183 Å². The van der Waals surface area contributed by atoms with Crippen LogP contribution in [-0.4, -0.2) is 62.0 Å². The number of rotatable bonds is 21. The number of carbonyl (C=O) groups excluding carboxylic acids is 1. The summed E-state index contributed by atoms with van der Waals surface area (Å²) < 4.78 is 0. The third-order valence-corrected chi connectivity index (χ3v) is 5.95. The molecule has 0 aromatic carbocycles. The molecule has 1 atom stereocenters. The molecule has 0 fully saturated rings. The minimum absolute atomic E-state index is 0.225. The zero-order chi connectivity index (χ0) is 21.7. The Morgan fingerprint density at radius 1 is 0.724 bits per heavy atom. The molecule has 1 amide bonds. The van der Waals surface area contributed by atoms with E-state index in [0.717, 1.165) is 32.5 Å². The first kappa shape index (κ1) is 28.4. The lowest BCUT2D eigenvalue weighted by Gasteiger charge is -2.28.